The van der Waals surface area contributed by atoms with Gasteiger partial charge in [0, 0.05) is 6.54 Å². The van der Waals surface area contributed by atoms with Gasteiger partial charge in [0.15, 0.2) is 0 Å². The first-order valence-electron chi connectivity index (χ1n) is 12.3. The van der Waals surface area contributed by atoms with Gasteiger partial charge in [0.25, 0.3) is 0 Å². The maximum atomic E-state index is 13.8. The average Bonchev–Trinajstić information content (AvgIpc) is 2.75. The number of nitrogens with zero attached hydrogens (tertiary/aromatic N) is 2. The van der Waals surface area contributed by atoms with Crippen LogP contribution >= 0.6 is 0 Å². The van der Waals surface area contributed by atoms with Crippen molar-refractivity contribution >= 4 is 17.9 Å². The van der Waals surface area contributed by atoms with Crippen molar-refractivity contribution in [2.75, 3.05) is 13.1 Å². The molecular formula is C27H42N4O4. The number of hydrogen-bond donors (Lipinski definition) is 2. The van der Waals surface area contributed by atoms with Crippen molar-refractivity contribution in [1.29, 1.82) is 5.26 Å². The molecule has 8 heteroatoms. The molecule has 0 aliphatic heterocycles. The monoisotopic (exact) mass is 486 g/mol. The molecule has 194 valence electrons. The lowest BCUT2D eigenvalue weighted by Gasteiger charge is -2.34. The summed E-state index contributed by atoms with van der Waals surface area (Å²) >= 11 is 0. The number of amides is 3. The molecule has 0 saturated heterocycles. The third-order valence-corrected chi connectivity index (χ3v) is 5.50. The molecule has 1 aromatic rings. The number of unbranched alkanes of at least 4 members (excludes halogenated alkanes) is 2. The third kappa shape index (κ3) is 9.59. The van der Waals surface area contributed by atoms with E-state index in [9.17, 15) is 19.6 Å². The van der Waals surface area contributed by atoms with E-state index in [0.717, 1.165) is 30.4 Å². The quantitative estimate of drug-likeness (QED) is 0.352. The fourth-order valence-corrected chi connectivity index (χ4v) is 3.69. The number of aryl methyl sites for hydroxylation is 2. The van der Waals surface area contributed by atoms with Crippen molar-refractivity contribution in [2.24, 2.45) is 5.92 Å². The fourth-order valence-electron chi connectivity index (χ4n) is 3.69. The van der Waals surface area contributed by atoms with E-state index in [1.165, 1.54) is 4.90 Å². The topological polar surface area (TPSA) is 112 Å². The zero-order valence-corrected chi connectivity index (χ0v) is 22.5. The highest BCUT2D eigenvalue weighted by molar-refractivity contribution is 5.92. The first-order chi connectivity index (χ1) is 16.3. The molecule has 2 N–H and O–H groups in total. The second-order valence-electron chi connectivity index (χ2n) is 10.3. The first-order valence-corrected chi connectivity index (χ1v) is 12.3. The molecule has 0 saturated carbocycles. The second-order valence-corrected chi connectivity index (χ2v) is 10.3. The Balaban J connectivity index is 3.43. The highest BCUT2D eigenvalue weighted by Gasteiger charge is 2.38. The lowest BCUT2D eigenvalue weighted by atomic mass is 9.95. The number of hydrogen-bond acceptors (Lipinski definition) is 5. The van der Waals surface area contributed by atoms with Crippen molar-refractivity contribution in [3.8, 4) is 6.07 Å². The van der Waals surface area contributed by atoms with Crippen LogP contribution in [0, 0.1) is 31.1 Å². The summed E-state index contributed by atoms with van der Waals surface area (Å²) in [4.78, 5) is 41.0. The number of benzene rings is 1. The Morgan fingerprint density at radius 3 is 2.34 bits per heavy atom. The Morgan fingerprint density at radius 2 is 1.80 bits per heavy atom. The first kappa shape index (κ1) is 30.0. The van der Waals surface area contributed by atoms with E-state index in [0.29, 0.717) is 12.1 Å². The van der Waals surface area contributed by atoms with Crippen molar-refractivity contribution in [2.45, 2.75) is 92.3 Å². The molecule has 8 nitrogen and oxygen atoms in total. The lowest BCUT2D eigenvalue weighted by Crippen LogP contribution is -2.55. The molecular weight excluding hydrogens is 444 g/mol. The molecule has 0 heterocycles. The van der Waals surface area contributed by atoms with Gasteiger partial charge in [-0.05, 0) is 58.1 Å². The van der Waals surface area contributed by atoms with E-state index in [-0.39, 0.29) is 18.4 Å². The van der Waals surface area contributed by atoms with Crippen LogP contribution in [0.2, 0.25) is 0 Å². The summed E-state index contributed by atoms with van der Waals surface area (Å²) in [7, 11) is 0. The van der Waals surface area contributed by atoms with E-state index in [1.807, 2.05) is 38.1 Å². The van der Waals surface area contributed by atoms with E-state index < -0.39 is 29.7 Å². The van der Waals surface area contributed by atoms with Gasteiger partial charge >= 0.3 is 6.09 Å². The highest BCUT2D eigenvalue weighted by Crippen LogP contribution is 2.27. The standard InChI is InChI=1S/C27H42N4O4/c1-9-10-11-15-29-24(32)23(21-17-19(4)12-13-20(21)5)31(16-14-28)25(33)22(18(2)3)30-26(34)35-27(6,7)8/h12-13,17-18,22-23H,9-11,15-16H2,1-8H3,(H,29,32)(H,30,34). The summed E-state index contributed by atoms with van der Waals surface area (Å²) in [5.74, 6) is -1.16. The lowest BCUT2D eigenvalue weighted by molar-refractivity contribution is -0.142. The minimum atomic E-state index is -1.01. The zero-order valence-electron chi connectivity index (χ0n) is 22.5. The van der Waals surface area contributed by atoms with Crippen molar-refractivity contribution in [1.82, 2.24) is 15.5 Å². The van der Waals surface area contributed by atoms with Crippen LogP contribution in [0.3, 0.4) is 0 Å². The fraction of sp³-hybridized carbons (Fsp3) is 0.630. The minimum Gasteiger partial charge on any atom is -0.444 e. The largest absolute Gasteiger partial charge is 0.444 e. The summed E-state index contributed by atoms with van der Waals surface area (Å²) in [6, 6.07) is 5.75. The van der Waals surface area contributed by atoms with E-state index in [4.69, 9.17) is 4.74 Å². The van der Waals surface area contributed by atoms with Gasteiger partial charge in [-0.1, -0.05) is 57.4 Å². The maximum absolute atomic E-state index is 13.8. The molecule has 3 amide bonds. The molecule has 0 bridgehead atoms. The van der Waals surface area contributed by atoms with Crippen LogP contribution in [-0.2, 0) is 14.3 Å². The molecule has 0 fully saturated rings. The number of carbonyl (C=O) groups is 3. The van der Waals surface area contributed by atoms with Crippen LogP contribution in [0.15, 0.2) is 18.2 Å². The Hall–Kier alpha value is -3.08. The van der Waals surface area contributed by atoms with Crippen molar-refractivity contribution in [3.63, 3.8) is 0 Å². The van der Waals surface area contributed by atoms with E-state index in [1.54, 1.807) is 34.6 Å². The summed E-state index contributed by atoms with van der Waals surface area (Å²) in [5, 5.41) is 15.2. The van der Waals surface area contributed by atoms with Crippen molar-refractivity contribution < 1.29 is 19.1 Å². The van der Waals surface area contributed by atoms with Crippen LogP contribution in [-0.4, -0.2) is 47.5 Å². The minimum absolute atomic E-state index is 0.303. The predicted octanol–water partition coefficient (Wildman–Crippen LogP) is 4.55. The summed E-state index contributed by atoms with van der Waals surface area (Å²) < 4.78 is 5.35. The maximum Gasteiger partial charge on any atom is 0.408 e. The Bertz CT molecular complexity index is 915. The molecule has 0 aliphatic rings. The van der Waals surface area contributed by atoms with Crippen LogP contribution in [0.25, 0.3) is 0 Å². The molecule has 35 heavy (non-hydrogen) atoms. The van der Waals surface area contributed by atoms with Crippen LogP contribution in [0.5, 0.6) is 0 Å². The number of nitriles is 1. The van der Waals surface area contributed by atoms with Gasteiger partial charge in [0.05, 0.1) is 6.07 Å². The Labute approximate surface area is 210 Å². The average molecular weight is 487 g/mol. The number of rotatable bonds is 11. The summed E-state index contributed by atoms with van der Waals surface area (Å²) in [5.41, 5.74) is 1.69. The molecule has 2 unspecified atom stereocenters. The number of carbonyl (C=O) groups excluding carboxylic acids is 3. The van der Waals surface area contributed by atoms with Crippen molar-refractivity contribution in [3.05, 3.63) is 34.9 Å². The van der Waals surface area contributed by atoms with Gasteiger partial charge < -0.3 is 20.3 Å². The van der Waals surface area contributed by atoms with Crippen LogP contribution < -0.4 is 10.6 Å². The third-order valence-electron chi connectivity index (χ3n) is 5.50. The SMILES string of the molecule is CCCCCNC(=O)C(c1cc(C)ccc1C)N(CC#N)C(=O)C(NC(=O)OC(C)(C)C)C(C)C. The normalized spacial score (nSPS) is 12.9. The molecule has 0 spiro atoms. The molecule has 1 rings (SSSR count). The van der Waals surface area contributed by atoms with Gasteiger partial charge in [0.1, 0.15) is 24.2 Å². The molecule has 0 aliphatic carbocycles. The summed E-state index contributed by atoms with van der Waals surface area (Å²) in [6.45, 7) is 14.8. The smallest absolute Gasteiger partial charge is 0.408 e. The van der Waals surface area contributed by atoms with Gasteiger partial charge in [-0.15, -0.1) is 0 Å². The Morgan fingerprint density at radius 1 is 1.14 bits per heavy atom. The second kappa shape index (κ2) is 13.7. The van der Waals surface area contributed by atoms with Crippen LogP contribution in [0.1, 0.15) is 83.5 Å². The molecule has 0 radical (unpaired) electrons. The molecule has 2 atom stereocenters. The van der Waals surface area contributed by atoms with Gasteiger partial charge in [-0.25, -0.2) is 4.79 Å². The van der Waals surface area contributed by atoms with Crippen LogP contribution in [0.4, 0.5) is 4.79 Å². The van der Waals surface area contributed by atoms with E-state index in [2.05, 4.69) is 17.6 Å². The Kier molecular flexibility index (Phi) is 11.7. The van der Waals surface area contributed by atoms with Gasteiger partial charge in [-0.3, -0.25) is 9.59 Å². The van der Waals surface area contributed by atoms with Gasteiger partial charge in [0.2, 0.25) is 11.8 Å². The molecule has 1 aromatic carbocycles. The zero-order chi connectivity index (χ0) is 26.8. The van der Waals surface area contributed by atoms with E-state index >= 15 is 0 Å². The molecule has 0 aromatic heterocycles. The number of nitrogens with one attached hydrogen (secondary N) is 2. The highest BCUT2D eigenvalue weighted by atomic mass is 16.6. The summed E-state index contributed by atoms with van der Waals surface area (Å²) in [6.07, 6.45) is 2.09. The number of ether oxygens (including phenoxy) is 1. The van der Waals surface area contributed by atoms with Gasteiger partial charge in [-0.2, -0.15) is 5.26 Å². The predicted molar refractivity (Wildman–Crippen MR) is 137 cm³/mol. The number of alkyl carbamates (subject to hydrolysis) is 1.